The summed E-state index contributed by atoms with van der Waals surface area (Å²) < 4.78 is 0. The van der Waals surface area contributed by atoms with Gasteiger partial charge in [-0.1, -0.05) is 69.6 Å². The standard InChI is InChI=1S/C13H4Cl6N2/c14-7-4-5(1-2-20)3-6(21-7)8-9(15)11(17)13(19)12(18)10(8)16/h3-4H,1H2. The lowest BCUT2D eigenvalue weighted by molar-refractivity contribution is 1.21. The summed E-state index contributed by atoms with van der Waals surface area (Å²) in [7, 11) is 0. The van der Waals surface area contributed by atoms with E-state index < -0.39 is 0 Å². The summed E-state index contributed by atoms with van der Waals surface area (Å²) in [6.45, 7) is 0. The third kappa shape index (κ3) is 3.35. The number of nitrogens with zero attached hydrogens (tertiary/aromatic N) is 2. The van der Waals surface area contributed by atoms with E-state index in [1.54, 1.807) is 12.1 Å². The van der Waals surface area contributed by atoms with Crippen LogP contribution >= 0.6 is 69.6 Å². The Bertz CT molecular complexity index is 737. The normalized spacial score (nSPS) is 10.5. The van der Waals surface area contributed by atoms with Crippen molar-refractivity contribution in [2.24, 2.45) is 0 Å². The second-order valence-corrected chi connectivity index (χ2v) is 6.24. The SMILES string of the molecule is N#CCc1cc(Cl)nc(-c2c(Cl)c(Cl)c(Cl)c(Cl)c2Cl)c1. The molecule has 8 heteroatoms. The van der Waals surface area contributed by atoms with Crippen molar-refractivity contribution in [1.82, 2.24) is 4.98 Å². The molecule has 21 heavy (non-hydrogen) atoms. The minimum absolute atomic E-state index is 0.0661. The molecule has 0 atom stereocenters. The Balaban J connectivity index is 2.76. The average Bonchev–Trinajstić information content (AvgIpc) is 2.43. The third-order valence-corrected chi connectivity index (χ3v) is 5.07. The van der Waals surface area contributed by atoms with Crippen LogP contribution in [0.2, 0.25) is 30.3 Å². The fraction of sp³-hybridized carbons (Fsp3) is 0.0769. The van der Waals surface area contributed by atoms with Crippen LogP contribution in [0.5, 0.6) is 0 Å². The third-order valence-electron chi connectivity index (χ3n) is 2.60. The largest absolute Gasteiger partial charge is 0.236 e. The number of hydrogen-bond donors (Lipinski definition) is 0. The van der Waals surface area contributed by atoms with Gasteiger partial charge in [-0.15, -0.1) is 0 Å². The van der Waals surface area contributed by atoms with Crippen LogP contribution < -0.4 is 0 Å². The van der Waals surface area contributed by atoms with E-state index in [1.807, 2.05) is 6.07 Å². The molecule has 0 saturated carbocycles. The molecule has 2 aromatic rings. The van der Waals surface area contributed by atoms with Crippen LogP contribution in [0.25, 0.3) is 11.3 Å². The zero-order valence-corrected chi connectivity index (χ0v) is 14.6. The van der Waals surface area contributed by atoms with Gasteiger partial charge in [0, 0.05) is 5.56 Å². The molecule has 1 aromatic carbocycles. The van der Waals surface area contributed by atoms with Crippen molar-refractivity contribution >= 4 is 69.6 Å². The monoisotopic (exact) mass is 398 g/mol. The van der Waals surface area contributed by atoms with E-state index in [2.05, 4.69) is 4.98 Å². The second-order valence-electron chi connectivity index (χ2n) is 3.96. The molecule has 0 spiro atoms. The van der Waals surface area contributed by atoms with Crippen molar-refractivity contribution in [1.29, 1.82) is 5.26 Å². The van der Waals surface area contributed by atoms with Crippen LogP contribution in [0.1, 0.15) is 5.56 Å². The zero-order valence-electron chi connectivity index (χ0n) is 10.0. The number of hydrogen-bond acceptors (Lipinski definition) is 2. The predicted octanol–water partition coefficient (Wildman–Crippen LogP) is 6.74. The summed E-state index contributed by atoms with van der Waals surface area (Å²) in [6, 6.07) is 5.25. The Hall–Kier alpha value is -0.400. The van der Waals surface area contributed by atoms with E-state index in [-0.39, 0.29) is 36.7 Å². The van der Waals surface area contributed by atoms with Gasteiger partial charge in [0.1, 0.15) is 5.15 Å². The van der Waals surface area contributed by atoms with Gasteiger partial charge >= 0.3 is 0 Å². The first kappa shape index (κ1) is 17.0. The van der Waals surface area contributed by atoms with Crippen molar-refractivity contribution in [2.75, 3.05) is 0 Å². The fourth-order valence-corrected chi connectivity index (χ4v) is 3.26. The van der Waals surface area contributed by atoms with E-state index in [9.17, 15) is 0 Å². The summed E-state index contributed by atoms with van der Waals surface area (Å²) in [5.74, 6) is 0. The molecule has 2 nitrogen and oxygen atoms in total. The Kier molecular flexibility index (Phi) is 5.48. The number of aromatic nitrogens is 1. The molecule has 0 amide bonds. The summed E-state index contributed by atoms with van der Waals surface area (Å²) in [5, 5.41) is 9.44. The lowest BCUT2D eigenvalue weighted by Gasteiger charge is -2.13. The van der Waals surface area contributed by atoms with Gasteiger partial charge in [-0.3, -0.25) is 0 Å². The zero-order chi connectivity index (χ0) is 15.7. The van der Waals surface area contributed by atoms with Gasteiger partial charge in [0.15, 0.2) is 0 Å². The van der Waals surface area contributed by atoms with Crippen LogP contribution in [-0.4, -0.2) is 4.98 Å². The molecule has 0 N–H and O–H groups in total. The Labute approximate surface area is 151 Å². The van der Waals surface area contributed by atoms with Gasteiger partial charge in [-0.25, -0.2) is 4.98 Å². The van der Waals surface area contributed by atoms with E-state index >= 15 is 0 Å². The number of rotatable bonds is 2. The average molecular weight is 401 g/mol. The molecule has 0 fully saturated rings. The molecular weight excluding hydrogens is 397 g/mol. The summed E-state index contributed by atoms with van der Waals surface area (Å²) in [4.78, 5) is 4.15. The van der Waals surface area contributed by atoms with Crippen molar-refractivity contribution in [3.8, 4) is 17.3 Å². The highest BCUT2D eigenvalue weighted by atomic mass is 35.5. The first-order chi connectivity index (χ1) is 9.86. The molecule has 0 aliphatic carbocycles. The molecule has 0 aliphatic heterocycles. The molecule has 0 aliphatic rings. The van der Waals surface area contributed by atoms with Crippen LogP contribution in [0.15, 0.2) is 12.1 Å². The highest BCUT2D eigenvalue weighted by molar-refractivity contribution is 6.56. The quantitative estimate of drug-likeness (QED) is 0.318. The Morgan fingerprint density at radius 3 is 1.90 bits per heavy atom. The van der Waals surface area contributed by atoms with E-state index in [0.717, 1.165) is 0 Å². The Morgan fingerprint density at radius 1 is 0.857 bits per heavy atom. The lowest BCUT2D eigenvalue weighted by Crippen LogP contribution is -1.93. The number of benzene rings is 1. The maximum Gasteiger partial charge on any atom is 0.130 e. The maximum atomic E-state index is 8.78. The second kappa shape index (κ2) is 6.79. The summed E-state index contributed by atoms with van der Waals surface area (Å²) in [6.07, 6.45) is 0.166. The molecule has 108 valence electrons. The minimum atomic E-state index is 0.0661. The van der Waals surface area contributed by atoms with Crippen LogP contribution in [0, 0.1) is 11.3 Å². The van der Waals surface area contributed by atoms with Gasteiger partial charge in [0.05, 0.1) is 43.3 Å². The highest BCUT2D eigenvalue weighted by Crippen LogP contribution is 2.47. The number of halogens is 6. The van der Waals surface area contributed by atoms with Crippen molar-refractivity contribution < 1.29 is 0 Å². The van der Waals surface area contributed by atoms with Crippen LogP contribution in [0.4, 0.5) is 0 Å². The van der Waals surface area contributed by atoms with Crippen LogP contribution in [-0.2, 0) is 6.42 Å². The topological polar surface area (TPSA) is 36.7 Å². The first-order valence-corrected chi connectivity index (χ1v) is 7.68. The summed E-state index contributed by atoms with van der Waals surface area (Å²) >= 11 is 36.3. The Morgan fingerprint density at radius 2 is 1.38 bits per heavy atom. The summed E-state index contributed by atoms with van der Waals surface area (Å²) in [5.41, 5.74) is 1.35. The molecule has 1 heterocycles. The first-order valence-electron chi connectivity index (χ1n) is 5.42. The maximum absolute atomic E-state index is 8.78. The molecular formula is C13H4Cl6N2. The molecule has 0 saturated heterocycles. The molecule has 0 bridgehead atoms. The minimum Gasteiger partial charge on any atom is -0.236 e. The van der Waals surface area contributed by atoms with Gasteiger partial charge in [0.25, 0.3) is 0 Å². The van der Waals surface area contributed by atoms with Gasteiger partial charge in [0.2, 0.25) is 0 Å². The number of pyridine rings is 1. The van der Waals surface area contributed by atoms with Crippen LogP contribution in [0.3, 0.4) is 0 Å². The van der Waals surface area contributed by atoms with Crippen molar-refractivity contribution in [2.45, 2.75) is 6.42 Å². The van der Waals surface area contributed by atoms with Gasteiger partial charge in [-0.2, -0.15) is 5.26 Å². The van der Waals surface area contributed by atoms with E-state index in [1.165, 1.54) is 0 Å². The molecule has 0 unspecified atom stereocenters. The van der Waals surface area contributed by atoms with Gasteiger partial charge < -0.3 is 0 Å². The van der Waals surface area contributed by atoms with Crippen molar-refractivity contribution in [3.05, 3.63) is 48.0 Å². The smallest absolute Gasteiger partial charge is 0.130 e. The molecule has 0 radical (unpaired) electrons. The van der Waals surface area contributed by atoms with E-state index in [4.69, 9.17) is 74.9 Å². The fourth-order valence-electron chi connectivity index (χ4n) is 1.70. The van der Waals surface area contributed by atoms with Crippen molar-refractivity contribution in [3.63, 3.8) is 0 Å². The molecule has 2 rings (SSSR count). The van der Waals surface area contributed by atoms with E-state index in [0.29, 0.717) is 16.8 Å². The lowest BCUT2D eigenvalue weighted by atomic mass is 10.1. The van der Waals surface area contributed by atoms with Gasteiger partial charge in [-0.05, 0) is 17.7 Å². The molecule has 1 aromatic heterocycles. The number of nitriles is 1. The highest BCUT2D eigenvalue weighted by Gasteiger charge is 2.21. The predicted molar refractivity (Wildman–Crippen MR) is 89.0 cm³/mol.